The Morgan fingerprint density at radius 2 is 1.96 bits per heavy atom. The molecule has 0 unspecified atom stereocenters. The van der Waals surface area contributed by atoms with E-state index in [1.165, 1.54) is 13.0 Å². The topological polar surface area (TPSA) is 62.2 Å². The standard InChI is InChI=1S/C15H10F3N4O/c1-9-7-11(14(23-9)15(16,17)18)13-12(8-19-22-13)21-20-10-5-3-2-4-6-10/h2-7,20H,1H3. The van der Waals surface area contributed by atoms with Crippen LogP contribution in [0.5, 0.6) is 0 Å². The zero-order valence-corrected chi connectivity index (χ0v) is 11.8. The maximum Gasteiger partial charge on any atom is 0.450 e. The maximum atomic E-state index is 13.0. The van der Waals surface area contributed by atoms with Crippen LogP contribution in [0, 0.1) is 6.92 Å². The number of nitrogens with one attached hydrogen (secondary N) is 1. The number of nitrogens with zero attached hydrogens (tertiary/aromatic N) is 3. The molecule has 0 saturated carbocycles. The molecule has 1 aromatic carbocycles. The van der Waals surface area contributed by atoms with Crippen LogP contribution in [0.2, 0.25) is 0 Å². The van der Waals surface area contributed by atoms with Crippen LogP contribution in [0.15, 0.2) is 56.1 Å². The number of hydrazone groups is 1. The van der Waals surface area contributed by atoms with Gasteiger partial charge in [0.1, 0.15) is 23.4 Å². The fourth-order valence-electron chi connectivity index (χ4n) is 2.02. The summed E-state index contributed by atoms with van der Waals surface area (Å²) < 4.78 is 43.9. The van der Waals surface area contributed by atoms with Crippen LogP contribution < -0.4 is 5.43 Å². The molecular weight excluding hydrogens is 309 g/mol. The van der Waals surface area contributed by atoms with Crippen molar-refractivity contribution in [1.29, 1.82) is 0 Å². The predicted octanol–water partition coefficient (Wildman–Crippen LogP) is 3.74. The van der Waals surface area contributed by atoms with E-state index in [9.17, 15) is 13.2 Å². The van der Waals surface area contributed by atoms with E-state index in [-0.39, 0.29) is 22.7 Å². The van der Waals surface area contributed by atoms with Gasteiger partial charge in [0, 0.05) is 0 Å². The lowest BCUT2D eigenvalue weighted by Crippen LogP contribution is -2.18. The van der Waals surface area contributed by atoms with Gasteiger partial charge < -0.3 is 4.42 Å². The molecule has 1 aliphatic rings. The highest BCUT2D eigenvalue weighted by Gasteiger charge is 2.40. The van der Waals surface area contributed by atoms with Crippen LogP contribution in [0.4, 0.5) is 18.9 Å². The Kier molecular flexibility index (Phi) is 3.73. The number of para-hydroxylation sites is 1. The van der Waals surface area contributed by atoms with Crippen LogP contribution in [0.3, 0.4) is 0 Å². The summed E-state index contributed by atoms with van der Waals surface area (Å²) in [5.41, 5.74) is 3.21. The van der Waals surface area contributed by atoms with Gasteiger partial charge in [0.05, 0.1) is 11.3 Å². The summed E-state index contributed by atoms with van der Waals surface area (Å²) in [6.07, 6.45) is -2.17. The lowest BCUT2D eigenvalue weighted by Gasteiger charge is -2.06. The number of hydrogen-bond donors (Lipinski definition) is 1. The molecule has 0 saturated heterocycles. The van der Waals surface area contributed by atoms with E-state index in [0.717, 1.165) is 0 Å². The first kappa shape index (κ1) is 15.0. The van der Waals surface area contributed by atoms with Crippen molar-refractivity contribution in [2.24, 2.45) is 15.3 Å². The van der Waals surface area contributed by atoms with E-state index in [4.69, 9.17) is 4.42 Å². The third-order valence-corrected chi connectivity index (χ3v) is 2.97. The number of anilines is 1. The number of rotatable bonds is 3. The largest absolute Gasteiger partial charge is 0.456 e. The maximum absolute atomic E-state index is 13.0. The molecule has 2 aromatic rings. The van der Waals surface area contributed by atoms with Gasteiger partial charge in [0.25, 0.3) is 0 Å². The summed E-state index contributed by atoms with van der Waals surface area (Å²) in [4.78, 5) is 0. The Bertz CT molecular complexity index is 804. The molecule has 1 N–H and O–H groups in total. The van der Waals surface area contributed by atoms with Gasteiger partial charge in [-0.15, -0.1) is 10.2 Å². The molecule has 0 bridgehead atoms. The minimum absolute atomic E-state index is 0.0439. The van der Waals surface area contributed by atoms with Crippen LogP contribution in [0.25, 0.3) is 0 Å². The van der Waals surface area contributed by atoms with Crippen molar-refractivity contribution in [2.75, 3.05) is 5.43 Å². The van der Waals surface area contributed by atoms with Gasteiger partial charge in [-0.05, 0) is 25.1 Å². The van der Waals surface area contributed by atoms with E-state index < -0.39 is 11.9 Å². The predicted molar refractivity (Wildman–Crippen MR) is 79.9 cm³/mol. The fraction of sp³-hybridized carbons (Fsp3) is 0.133. The second kappa shape index (κ2) is 5.71. The highest BCUT2D eigenvalue weighted by Crippen LogP contribution is 2.34. The molecule has 0 amide bonds. The molecule has 1 aliphatic heterocycles. The fourth-order valence-corrected chi connectivity index (χ4v) is 2.02. The first-order valence-electron chi connectivity index (χ1n) is 6.56. The van der Waals surface area contributed by atoms with E-state index in [0.29, 0.717) is 5.69 Å². The Labute approximate surface area is 129 Å². The Hall–Kier alpha value is -2.90. The number of halogens is 3. The van der Waals surface area contributed by atoms with Crippen LogP contribution in [-0.2, 0) is 6.18 Å². The molecule has 0 fully saturated rings. The van der Waals surface area contributed by atoms with E-state index >= 15 is 0 Å². The molecule has 3 rings (SSSR count). The number of benzene rings is 1. The van der Waals surface area contributed by atoms with Gasteiger partial charge in [0.15, 0.2) is 0 Å². The minimum Gasteiger partial charge on any atom is -0.456 e. The van der Waals surface area contributed by atoms with Gasteiger partial charge in [0.2, 0.25) is 5.76 Å². The van der Waals surface area contributed by atoms with E-state index in [2.05, 4.69) is 26.9 Å². The van der Waals surface area contributed by atoms with Crippen molar-refractivity contribution in [2.45, 2.75) is 13.1 Å². The van der Waals surface area contributed by atoms with Crippen molar-refractivity contribution >= 4 is 23.3 Å². The monoisotopic (exact) mass is 319 g/mol. The second-order valence-electron chi connectivity index (χ2n) is 4.70. The summed E-state index contributed by atoms with van der Waals surface area (Å²) in [5.74, 6) is -1.00. The number of hydrogen-bond acceptors (Lipinski definition) is 5. The van der Waals surface area contributed by atoms with Crippen LogP contribution in [-0.4, -0.2) is 17.6 Å². The highest BCUT2D eigenvalue weighted by atomic mass is 19.4. The van der Waals surface area contributed by atoms with Crippen molar-refractivity contribution < 1.29 is 17.6 Å². The SMILES string of the molecule is Cc1cc(C2=NN=[C]C2=NNc2ccccc2)c(C(F)(F)F)o1. The highest BCUT2D eigenvalue weighted by molar-refractivity contribution is 6.67. The van der Waals surface area contributed by atoms with Crippen LogP contribution in [0.1, 0.15) is 17.1 Å². The lowest BCUT2D eigenvalue weighted by molar-refractivity contribution is -0.153. The second-order valence-corrected chi connectivity index (χ2v) is 4.70. The van der Waals surface area contributed by atoms with Gasteiger partial charge in [-0.1, -0.05) is 18.2 Å². The molecular formula is C15H10F3N4O. The van der Waals surface area contributed by atoms with Gasteiger partial charge >= 0.3 is 6.18 Å². The molecule has 2 heterocycles. The molecule has 1 radical (unpaired) electrons. The summed E-state index contributed by atoms with van der Waals surface area (Å²) in [7, 11) is 0. The molecule has 0 aliphatic carbocycles. The average Bonchev–Trinajstić information content (AvgIpc) is 3.11. The Morgan fingerprint density at radius 3 is 2.65 bits per heavy atom. The normalized spacial score (nSPS) is 16.0. The first-order chi connectivity index (χ1) is 10.9. The van der Waals surface area contributed by atoms with Gasteiger partial charge in [-0.25, -0.2) is 0 Å². The number of furan rings is 1. The quantitative estimate of drug-likeness (QED) is 0.876. The summed E-state index contributed by atoms with van der Waals surface area (Å²) in [6, 6.07) is 10.2. The zero-order valence-electron chi connectivity index (χ0n) is 11.8. The molecule has 23 heavy (non-hydrogen) atoms. The molecule has 1 aromatic heterocycles. The Morgan fingerprint density at radius 1 is 1.22 bits per heavy atom. The molecule has 0 spiro atoms. The van der Waals surface area contributed by atoms with Crippen LogP contribution >= 0.6 is 0 Å². The smallest absolute Gasteiger partial charge is 0.450 e. The summed E-state index contributed by atoms with van der Waals surface area (Å²) in [5, 5.41) is 11.2. The minimum atomic E-state index is -4.63. The van der Waals surface area contributed by atoms with Gasteiger partial charge in [-0.2, -0.15) is 18.3 Å². The number of aryl methyl sites for hydroxylation is 1. The van der Waals surface area contributed by atoms with Crippen molar-refractivity contribution in [3.05, 3.63) is 53.5 Å². The molecule has 8 heteroatoms. The molecule has 5 nitrogen and oxygen atoms in total. The van der Waals surface area contributed by atoms with Crippen molar-refractivity contribution in [3.8, 4) is 0 Å². The van der Waals surface area contributed by atoms with Gasteiger partial charge in [-0.3, -0.25) is 5.43 Å². The molecule has 0 atom stereocenters. The summed E-state index contributed by atoms with van der Waals surface area (Å²) in [6.45, 7) is 1.43. The first-order valence-corrected chi connectivity index (χ1v) is 6.56. The van der Waals surface area contributed by atoms with E-state index in [1.54, 1.807) is 24.3 Å². The zero-order chi connectivity index (χ0) is 16.4. The average molecular weight is 319 g/mol. The van der Waals surface area contributed by atoms with Crippen molar-refractivity contribution in [3.63, 3.8) is 0 Å². The third-order valence-electron chi connectivity index (χ3n) is 2.97. The number of alkyl halides is 3. The molecule has 117 valence electrons. The lowest BCUT2D eigenvalue weighted by atomic mass is 10.1. The van der Waals surface area contributed by atoms with Crippen molar-refractivity contribution in [1.82, 2.24) is 0 Å². The summed E-state index contributed by atoms with van der Waals surface area (Å²) >= 11 is 0. The third kappa shape index (κ3) is 3.15. The Balaban J connectivity index is 1.92. The van der Waals surface area contributed by atoms with E-state index in [1.807, 2.05) is 6.07 Å².